The summed E-state index contributed by atoms with van der Waals surface area (Å²) in [6, 6.07) is 7.77. The number of rotatable bonds is 8. The molecule has 0 amide bonds. The molecule has 0 bridgehead atoms. The zero-order valence-corrected chi connectivity index (χ0v) is 11.0. The van der Waals surface area contributed by atoms with Gasteiger partial charge in [0.25, 0.3) is 0 Å². The molecule has 2 N–H and O–H groups in total. The van der Waals surface area contributed by atoms with E-state index in [4.69, 9.17) is 10.2 Å². The van der Waals surface area contributed by atoms with Gasteiger partial charge in [-0.15, -0.1) is 0 Å². The van der Waals surface area contributed by atoms with Crippen LogP contribution in [0.25, 0.3) is 0 Å². The van der Waals surface area contributed by atoms with Crippen molar-refractivity contribution >= 4 is 17.6 Å². The minimum Gasteiger partial charge on any atom is -0.481 e. The van der Waals surface area contributed by atoms with Gasteiger partial charge in [0.15, 0.2) is 0 Å². The molecule has 0 saturated heterocycles. The topological polar surface area (TPSA) is 77.8 Å². The predicted octanol–water partition coefficient (Wildman–Crippen LogP) is 2.14. The summed E-state index contributed by atoms with van der Waals surface area (Å²) in [5.74, 6) is -1.68. The highest BCUT2D eigenvalue weighted by atomic mass is 16.4. The second kappa shape index (κ2) is 7.41. The molecule has 1 aromatic rings. The van der Waals surface area contributed by atoms with Crippen LogP contribution in [0.1, 0.15) is 24.8 Å². The van der Waals surface area contributed by atoms with Gasteiger partial charge in [0.2, 0.25) is 0 Å². The van der Waals surface area contributed by atoms with Gasteiger partial charge in [-0.3, -0.25) is 9.59 Å². The van der Waals surface area contributed by atoms with Gasteiger partial charge in [0, 0.05) is 25.2 Å². The molecule has 0 fully saturated rings. The van der Waals surface area contributed by atoms with Crippen molar-refractivity contribution in [2.75, 3.05) is 18.0 Å². The van der Waals surface area contributed by atoms with Crippen LogP contribution in [0.15, 0.2) is 24.3 Å². The third-order valence-corrected chi connectivity index (χ3v) is 2.78. The molecule has 5 nitrogen and oxygen atoms in total. The largest absolute Gasteiger partial charge is 0.481 e. The molecule has 0 heterocycles. The predicted molar refractivity (Wildman–Crippen MR) is 72.5 cm³/mol. The number of nitrogens with zero attached hydrogens (tertiary/aromatic N) is 1. The number of carboxylic acids is 2. The van der Waals surface area contributed by atoms with E-state index in [1.807, 2.05) is 36.1 Å². The molecule has 1 aromatic carbocycles. The van der Waals surface area contributed by atoms with E-state index in [0.29, 0.717) is 19.5 Å². The summed E-state index contributed by atoms with van der Waals surface area (Å²) in [6.45, 7) is 2.90. The summed E-state index contributed by atoms with van der Waals surface area (Å²) in [5.41, 5.74) is 2.03. The van der Waals surface area contributed by atoms with Gasteiger partial charge >= 0.3 is 11.9 Å². The molecule has 19 heavy (non-hydrogen) atoms. The normalized spacial score (nSPS) is 10.2. The second-order valence-corrected chi connectivity index (χ2v) is 4.47. The van der Waals surface area contributed by atoms with Crippen molar-refractivity contribution in [3.05, 3.63) is 29.8 Å². The first-order valence-electron chi connectivity index (χ1n) is 6.24. The Kier molecular flexibility index (Phi) is 5.85. The van der Waals surface area contributed by atoms with Crippen LogP contribution >= 0.6 is 0 Å². The summed E-state index contributed by atoms with van der Waals surface area (Å²) in [4.78, 5) is 23.1. The van der Waals surface area contributed by atoms with E-state index in [1.54, 1.807) is 0 Å². The Morgan fingerprint density at radius 3 is 2.37 bits per heavy atom. The summed E-state index contributed by atoms with van der Waals surface area (Å²) >= 11 is 0. The van der Waals surface area contributed by atoms with Crippen LogP contribution in [0.3, 0.4) is 0 Å². The SMILES string of the molecule is Cc1cccc(N(CCCC(=O)O)CCC(=O)O)c1. The molecule has 0 saturated carbocycles. The number of aryl methyl sites for hydroxylation is 1. The molecule has 0 radical (unpaired) electrons. The number of hydrogen-bond acceptors (Lipinski definition) is 3. The van der Waals surface area contributed by atoms with Crippen molar-refractivity contribution in [2.45, 2.75) is 26.2 Å². The molecule has 0 unspecified atom stereocenters. The maximum atomic E-state index is 10.7. The molecule has 0 aliphatic heterocycles. The average molecular weight is 265 g/mol. The van der Waals surface area contributed by atoms with Crippen molar-refractivity contribution < 1.29 is 19.8 Å². The van der Waals surface area contributed by atoms with E-state index < -0.39 is 11.9 Å². The first-order chi connectivity index (χ1) is 8.99. The highest BCUT2D eigenvalue weighted by Gasteiger charge is 2.09. The van der Waals surface area contributed by atoms with Gasteiger partial charge < -0.3 is 15.1 Å². The van der Waals surface area contributed by atoms with E-state index in [1.165, 1.54) is 0 Å². The number of anilines is 1. The van der Waals surface area contributed by atoms with Crippen LogP contribution in [0.2, 0.25) is 0 Å². The highest BCUT2D eigenvalue weighted by molar-refractivity contribution is 5.68. The van der Waals surface area contributed by atoms with E-state index in [-0.39, 0.29) is 12.8 Å². The maximum absolute atomic E-state index is 10.7. The van der Waals surface area contributed by atoms with E-state index in [2.05, 4.69) is 0 Å². The third kappa shape index (κ3) is 5.90. The van der Waals surface area contributed by atoms with Crippen LogP contribution in [0.5, 0.6) is 0 Å². The summed E-state index contributed by atoms with van der Waals surface area (Å²) in [6.07, 6.45) is 0.638. The van der Waals surface area contributed by atoms with Crippen LogP contribution in [0.4, 0.5) is 5.69 Å². The molecular formula is C14H19NO4. The molecule has 0 aliphatic rings. The lowest BCUT2D eigenvalue weighted by molar-refractivity contribution is -0.138. The monoisotopic (exact) mass is 265 g/mol. The van der Waals surface area contributed by atoms with Crippen LogP contribution in [-0.4, -0.2) is 35.2 Å². The number of aliphatic carboxylic acids is 2. The van der Waals surface area contributed by atoms with E-state index in [9.17, 15) is 9.59 Å². The standard InChI is InChI=1S/C14H19NO4/c1-11-4-2-5-12(10-11)15(9-7-14(18)19)8-3-6-13(16)17/h2,4-5,10H,3,6-9H2,1H3,(H,16,17)(H,18,19). The molecular weight excluding hydrogens is 246 g/mol. The lowest BCUT2D eigenvalue weighted by atomic mass is 10.2. The first kappa shape index (κ1) is 15.0. The van der Waals surface area contributed by atoms with Crippen LogP contribution < -0.4 is 4.90 Å². The molecule has 0 aromatic heterocycles. The van der Waals surface area contributed by atoms with Gasteiger partial charge in [-0.2, -0.15) is 0 Å². The van der Waals surface area contributed by atoms with Crippen molar-refractivity contribution in [3.63, 3.8) is 0 Å². The highest BCUT2D eigenvalue weighted by Crippen LogP contribution is 2.17. The van der Waals surface area contributed by atoms with Crippen molar-refractivity contribution in [1.29, 1.82) is 0 Å². The molecule has 0 aliphatic carbocycles. The van der Waals surface area contributed by atoms with Crippen molar-refractivity contribution in [3.8, 4) is 0 Å². The average Bonchev–Trinajstić information content (AvgIpc) is 2.32. The maximum Gasteiger partial charge on any atom is 0.305 e. The fourth-order valence-corrected chi connectivity index (χ4v) is 1.85. The molecule has 0 spiro atoms. The van der Waals surface area contributed by atoms with E-state index in [0.717, 1.165) is 11.3 Å². The number of carboxylic acid groups (broad SMARTS) is 2. The third-order valence-electron chi connectivity index (χ3n) is 2.78. The Bertz CT molecular complexity index is 445. The summed E-state index contributed by atoms with van der Waals surface area (Å²) in [5, 5.41) is 17.4. The smallest absolute Gasteiger partial charge is 0.305 e. The Morgan fingerprint density at radius 1 is 1.11 bits per heavy atom. The minimum atomic E-state index is -0.851. The van der Waals surface area contributed by atoms with Gasteiger partial charge in [0.1, 0.15) is 0 Å². The zero-order chi connectivity index (χ0) is 14.3. The Morgan fingerprint density at radius 2 is 1.79 bits per heavy atom. The number of carbonyl (C=O) groups is 2. The fourth-order valence-electron chi connectivity index (χ4n) is 1.85. The summed E-state index contributed by atoms with van der Waals surface area (Å²) in [7, 11) is 0. The van der Waals surface area contributed by atoms with Crippen molar-refractivity contribution in [1.82, 2.24) is 0 Å². The minimum absolute atomic E-state index is 0.0427. The lowest BCUT2D eigenvalue weighted by Gasteiger charge is -2.24. The van der Waals surface area contributed by atoms with Gasteiger partial charge in [-0.1, -0.05) is 12.1 Å². The van der Waals surface area contributed by atoms with E-state index >= 15 is 0 Å². The Labute approximate surface area is 112 Å². The molecule has 5 heteroatoms. The van der Waals surface area contributed by atoms with Crippen molar-refractivity contribution in [2.24, 2.45) is 0 Å². The lowest BCUT2D eigenvalue weighted by Crippen LogP contribution is -2.27. The summed E-state index contributed by atoms with van der Waals surface area (Å²) < 4.78 is 0. The Hall–Kier alpha value is -2.04. The first-order valence-corrected chi connectivity index (χ1v) is 6.24. The second-order valence-electron chi connectivity index (χ2n) is 4.47. The zero-order valence-electron chi connectivity index (χ0n) is 11.0. The molecule has 104 valence electrons. The van der Waals surface area contributed by atoms with Crippen LogP contribution in [0, 0.1) is 6.92 Å². The quantitative estimate of drug-likeness (QED) is 0.753. The van der Waals surface area contributed by atoms with Gasteiger partial charge in [-0.25, -0.2) is 0 Å². The van der Waals surface area contributed by atoms with Crippen LogP contribution in [-0.2, 0) is 9.59 Å². The number of hydrogen-bond donors (Lipinski definition) is 2. The molecule has 1 rings (SSSR count). The van der Waals surface area contributed by atoms with Gasteiger partial charge in [0.05, 0.1) is 6.42 Å². The Balaban J connectivity index is 2.67. The fraction of sp³-hybridized carbons (Fsp3) is 0.429. The van der Waals surface area contributed by atoms with Gasteiger partial charge in [-0.05, 0) is 31.0 Å². The number of benzene rings is 1. The molecule has 0 atom stereocenters.